The van der Waals surface area contributed by atoms with Crippen molar-refractivity contribution in [2.45, 2.75) is 0 Å². The zero-order valence-electron chi connectivity index (χ0n) is 7.57. The third-order valence-corrected chi connectivity index (χ3v) is 1.94. The van der Waals surface area contributed by atoms with Crippen molar-refractivity contribution in [1.29, 1.82) is 0 Å². The van der Waals surface area contributed by atoms with E-state index in [0.717, 1.165) is 0 Å². The highest BCUT2D eigenvalue weighted by atomic mass is 32.1. The monoisotopic (exact) mass is 210 g/mol. The largest absolute Gasteiger partial charge is 0.478 e. The number of carboxylic acids is 1. The molecular weight excluding hydrogens is 200 g/mol. The molecule has 14 heavy (non-hydrogen) atoms. The first-order valence-corrected chi connectivity index (χ1v) is 4.37. The zero-order chi connectivity index (χ0) is 10.6. The molecule has 0 saturated heterocycles. The molecule has 0 aliphatic rings. The summed E-state index contributed by atoms with van der Waals surface area (Å²) in [6.45, 7) is 0. The van der Waals surface area contributed by atoms with E-state index in [1.807, 2.05) is 0 Å². The van der Waals surface area contributed by atoms with E-state index < -0.39 is 5.97 Å². The number of hydrogen-bond acceptors (Lipinski definition) is 2. The highest BCUT2D eigenvalue weighted by molar-refractivity contribution is 7.80. The summed E-state index contributed by atoms with van der Waals surface area (Å²) in [6.07, 6.45) is 0. The molecule has 0 spiro atoms. The van der Waals surface area contributed by atoms with Crippen LogP contribution in [0.1, 0.15) is 10.4 Å². The Morgan fingerprint density at radius 2 is 2.07 bits per heavy atom. The smallest absolute Gasteiger partial charge is 0.337 e. The number of para-hydroxylation sites is 1. The number of rotatable bonds is 2. The number of hydrogen-bond donors (Lipinski definition) is 3. The predicted octanol–water partition coefficient (Wildman–Crippen LogP) is 1.30. The maximum atomic E-state index is 10.8. The molecule has 0 aromatic heterocycles. The molecule has 0 unspecified atom stereocenters. The first kappa shape index (κ1) is 10.5. The molecule has 0 fully saturated rings. The van der Waals surface area contributed by atoms with Crippen molar-refractivity contribution >= 4 is 29.0 Å². The third kappa shape index (κ3) is 2.43. The van der Waals surface area contributed by atoms with Crippen LogP contribution in [0.5, 0.6) is 0 Å². The van der Waals surface area contributed by atoms with E-state index in [2.05, 4.69) is 10.6 Å². The van der Waals surface area contributed by atoms with Gasteiger partial charge in [-0.3, -0.25) is 0 Å². The molecular formula is C9H10N2O2S. The van der Waals surface area contributed by atoms with E-state index in [4.69, 9.17) is 17.3 Å². The Morgan fingerprint density at radius 3 is 2.64 bits per heavy atom. The van der Waals surface area contributed by atoms with Gasteiger partial charge in [0.15, 0.2) is 5.11 Å². The maximum Gasteiger partial charge on any atom is 0.337 e. The number of nitrogens with one attached hydrogen (secondary N) is 2. The minimum absolute atomic E-state index is 0.199. The van der Waals surface area contributed by atoms with E-state index in [1.54, 1.807) is 25.2 Å². The second kappa shape index (κ2) is 4.57. The Labute approximate surface area is 86.9 Å². The molecule has 4 nitrogen and oxygen atoms in total. The summed E-state index contributed by atoms with van der Waals surface area (Å²) in [4.78, 5) is 10.8. The van der Waals surface area contributed by atoms with E-state index >= 15 is 0 Å². The average Bonchev–Trinajstić information content (AvgIpc) is 2.18. The topological polar surface area (TPSA) is 61.4 Å². The van der Waals surface area contributed by atoms with E-state index in [-0.39, 0.29) is 5.56 Å². The fourth-order valence-electron chi connectivity index (χ4n) is 0.963. The summed E-state index contributed by atoms with van der Waals surface area (Å²) >= 11 is 4.87. The van der Waals surface area contributed by atoms with Crippen molar-refractivity contribution < 1.29 is 9.90 Å². The van der Waals surface area contributed by atoms with Gasteiger partial charge in [-0.2, -0.15) is 0 Å². The lowest BCUT2D eigenvalue weighted by atomic mass is 10.2. The summed E-state index contributed by atoms with van der Waals surface area (Å²) in [5.74, 6) is -0.980. The fraction of sp³-hybridized carbons (Fsp3) is 0.111. The Morgan fingerprint density at radius 1 is 1.43 bits per heavy atom. The summed E-state index contributed by atoms with van der Waals surface area (Å²) in [6, 6.07) is 6.58. The molecule has 3 N–H and O–H groups in total. The molecule has 0 atom stereocenters. The van der Waals surface area contributed by atoms with Gasteiger partial charge in [0.25, 0.3) is 0 Å². The first-order chi connectivity index (χ1) is 6.65. The van der Waals surface area contributed by atoms with Gasteiger partial charge in [-0.15, -0.1) is 0 Å². The molecule has 0 radical (unpaired) electrons. The van der Waals surface area contributed by atoms with Gasteiger partial charge in [-0.1, -0.05) is 12.1 Å². The molecule has 0 amide bonds. The van der Waals surface area contributed by atoms with Crippen LogP contribution in [0.25, 0.3) is 0 Å². The lowest BCUT2D eigenvalue weighted by molar-refractivity contribution is 0.0698. The molecule has 1 aromatic rings. The van der Waals surface area contributed by atoms with Gasteiger partial charge in [0, 0.05) is 7.05 Å². The molecule has 0 saturated carbocycles. The Bertz CT molecular complexity index is 366. The quantitative estimate of drug-likeness (QED) is 0.642. The number of carbonyl (C=O) groups is 1. The minimum atomic E-state index is -0.980. The van der Waals surface area contributed by atoms with Gasteiger partial charge in [0.05, 0.1) is 11.3 Å². The fourth-order valence-corrected chi connectivity index (χ4v) is 1.07. The molecule has 74 valence electrons. The molecule has 5 heteroatoms. The highest BCUT2D eigenvalue weighted by Crippen LogP contribution is 2.14. The number of aromatic carboxylic acids is 1. The van der Waals surface area contributed by atoms with Gasteiger partial charge in [-0.05, 0) is 24.4 Å². The normalized spacial score (nSPS) is 9.21. The van der Waals surface area contributed by atoms with Gasteiger partial charge in [0.2, 0.25) is 0 Å². The second-order valence-electron chi connectivity index (χ2n) is 2.55. The summed E-state index contributed by atoms with van der Waals surface area (Å²) in [5.41, 5.74) is 0.685. The maximum absolute atomic E-state index is 10.8. The minimum Gasteiger partial charge on any atom is -0.478 e. The van der Waals surface area contributed by atoms with Gasteiger partial charge >= 0.3 is 5.97 Å². The average molecular weight is 210 g/mol. The lowest BCUT2D eigenvalue weighted by Crippen LogP contribution is -2.25. The molecule has 0 aliphatic carbocycles. The molecule has 0 bridgehead atoms. The van der Waals surface area contributed by atoms with Crippen LogP contribution in [0.2, 0.25) is 0 Å². The van der Waals surface area contributed by atoms with Crippen LogP contribution in [-0.4, -0.2) is 23.2 Å². The van der Waals surface area contributed by atoms with E-state index in [9.17, 15) is 4.79 Å². The van der Waals surface area contributed by atoms with Crippen molar-refractivity contribution in [3.8, 4) is 0 Å². The van der Waals surface area contributed by atoms with Crippen LogP contribution in [0.15, 0.2) is 24.3 Å². The molecule has 0 aliphatic heterocycles. The van der Waals surface area contributed by atoms with Crippen molar-refractivity contribution in [2.75, 3.05) is 12.4 Å². The lowest BCUT2D eigenvalue weighted by Gasteiger charge is -2.09. The van der Waals surface area contributed by atoms with Gasteiger partial charge in [0.1, 0.15) is 0 Å². The van der Waals surface area contributed by atoms with Crippen LogP contribution in [0, 0.1) is 0 Å². The van der Waals surface area contributed by atoms with Crippen LogP contribution < -0.4 is 10.6 Å². The van der Waals surface area contributed by atoms with Crippen molar-refractivity contribution in [3.05, 3.63) is 29.8 Å². The van der Waals surface area contributed by atoms with Gasteiger partial charge in [-0.25, -0.2) is 4.79 Å². The van der Waals surface area contributed by atoms with Crippen molar-refractivity contribution in [2.24, 2.45) is 0 Å². The summed E-state index contributed by atoms with van der Waals surface area (Å²) in [7, 11) is 1.67. The van der Waals surface area contributed by atoms with Crippen LogP contribution in [-0.2, 0) is 0 Å². The molecule has 1 rings (SSSR count). The van der Waals surface area contributed by atoms with Crippen molar-refractivity contribution in [1.82, 2.24) is 5.32 Å². The molecule has 0 heterocycles. The standard InChI is InChI=1S/C9H10N2O2S/c1-10-9(14)11-7-5-3-2-4-6(7)8(12)13/h2-5H,1H3,(H,12,13)(H2,10,11,14). The second-order valence-corrected chi connectivity index (χ2v) is 2.96. The number of carboxylic acid groups (broad SMARTS) is 1. The SMILES string of the molecule is CNC(=S)Nc1ccccc1C(=O)O. The van der Waals surface area contributed by atoms with Crippen LogP contribution in [0.4, 0.5) is 5.69 Å². The Balaban J connectivity index is 2.95. The Kier molecular flexibility index (Phi) is 3.41. The molecule has 1 aromatic carbocycles. The zero-order valence-corrected chi connectivity index (χ0v) is 8.39. The number of anilines is 1. The number of benzene rings is 1. The van der Waals surface area contributed by atoms with Crippen molar-refractivity contribution in [3.63, 3.8) is 0 Å². The van der Waals surface area contributed by atoms with E-state index in [1.165, 1.54) is 6.07 Å². The van der Waals surface area contributed by atoms with Crippen LogP contribution in [0.3, 0.4) is 0 Å². The van der Waals surface area contributed by atoms with Crippen LogP contribution >= 0.6 is 12.2 Å². The summed E-state index contributed by atoms with van der Waals surface area (Å²) < 4.78 is 0. The Hall–Kier alpha value is -1.62. The van der Waals surface area contributed by atoms with Gasteiger partial charge < -0.3 is 15.7 Å². The highest BCUT2D eigenvalue weighted by Gasteiger charge is 2.08. The summed E-state index contributed by atoms with van der Waals surface area (Å²) in [5, 5.41) is 14.7. The third-order valence-electron chi connectivity index (χ3n) is 1.63. The predicted molar refractivity (Wildman–Crippen MR) is 58.7 cm³/mol. The van der Waals surface area contributed by atoms with E-state index in [0.29, 0.717) is 10.8 Å². The first-order valence-electron chi connectivity index (χ1n) is 3.96. The number of thiocarbonyl (C=S) groups is 1.